The summed E-state index contributed by atoms with van der Waals surface area (Å²) in [5, 5.41) is 0. The van der Waals surface area contributed by atoms with Gasteiger partial charge in [-0.3, -0.25) is 9.69 Å². The first kappa shape index (κ1) is 21.7. The molecule has 2 aliphatic rings. The second-order valence-corrected chi connectivity index (χ2v) is 9.32. The zero-order valence-electron chi connectivity index (χ0n) is 17.5. The van der Waals surface area contributed by atoms with Crippen molar-refractivity contribution in [3.63, 3.8) is 0 Å². The Bertz CT molecular complexity index is 574. The molecule has 0 aromatic heterocycles. The second kappa shape index (κ2) is 11.8. The van der Waals surface area contributed by atoms with Crippen LogP contribution in [-0.2, 0) is 11.3 Å². The van der Waals surface area contributed by atoms with Crippen molar-refractivity contribution in [2.75, 3.05) is 57.8 Å². The standard InChI is InChI=1S/C23H37N3OS/c1-28-18-6-13-24-12-5-9-22(20-24)10-11-23(27)26-16-14-25(15-17-26)19-21-7-3-2-4-8-21/h2-4,7-8,22H,5-6,9-20H2,1H3/t22-/m0/s1. The number of piperidine rings is 1. The van der Waals surface area contributed by atoms with Gasteiger partial charge in [-0.05, 0) is 62.3 Å². The third kappa shape index (κ3) is 7.09. The molecule has 0 saturated carbocycles. The zero-order valence-corrected chi connectivity index (χ0v) is 18.3. The van der Waals surface area contributed by atoms with Crippen LogP contribution < -0.4 is 0 Å². The number of benzene rings is 1. The van der Waals surface area contributed by atoms with Crippen molar-refractivity contribution < 1.29 is 4.79 Å². The third-order valence-corrected chi connectivity index (χ3v) is 6.86. The van der Waals surface area contributed by atoms with Crippen LogP contribution >= 0.6 is 11.8 Å². The molecule has 2 saturated heterocycles. The predicted octanol–water partition coefficient (Wildman–Crippen LogP) is 3.58. The van der Waals surface area contributed by atoms with Crippen LogP contribution in [0.5, 0.6) is 0 Å². The molecule has 0 aliphatic carbocycles. The topological polar surface area (TPSA) is 26.8 Å². The molecule has 0 spiro atoms. The number of carbonyl (C=O) groups is 1. The smallest absolute Gasteiger partial charge is 0.222 e. The molecule has 0 unspecified atom stereocenters. The van der Waals surface area contributed by atoms with E-state index in [4.69, 9.17) is 0 Å². The lowest BCUT2D eigenvalue weighted by atomic mass is 9.93. The summed E-state index contributed by atoms with van der Waals surface area (Å²) in [6.07, 6.45) is 7.89. The predicted molar refractivity (Wildman–Crippen MR) is 120 cm³/mol. The van der Waals surface area contributed by atoms with Gasteiger partial charge in [-0.2, -0.15) is 11.8 Å². The molecule has 1 aromatic rings. The molecule has 156 valence electrons. The average Bonchev–Trinajstić information content (AvgIpc) is 2.74. The van der Waals surface area contributed by atoms with Crippen molar-refractivity contribution in [2.24, 2.45) is 5.92 Å². The van der Waals surface area contributed by atoms with Gasteiger partial charge in [0.2, 0.25) is 5.91 Å². The first-order valence-corrected chi connectivity index (χ1v) is 12.4. The molecular formula is C23H37N3OS. The molecule has 1 aromatic carbocycles. The molecule has 1 atom stereocenters. The maximum absolute atomic E-state index is 12.7. The van der Waals surface area contributed by atoms with Gasteiger partial charge in [-0.25, -0.2) is 0 Å². The van der Waals surface area contributed by atoms with Crippen LogP contribution in [0.1, 0.15) is 37.7 Å². The molecule has 2 fully saturated rings. The molecule has 2 aliphatic heterocycles. The number of piperazine rings is 1. The van der Waals surface area contributed by atoms with Gasteiger partial charge < -0.3 is 9.80 Å². The second-order valence-electron chi connectivity index (χ2n) is 8.34. The Morgan fingerprint density at radius 1 is 1.07 bits per heavy atom. The monoisotopic (exact) mass is 403 g/mol. The van der Waals surface area contributed by atoms with E-state index in [9.17, 15) is 4.79 Å². The fourth-order valence-electron chi connectivity index (χ4n) is 4.51. The largest absolute Gasteiger partial charge is 0.340 e. The summed E-state index contributed by atoms with van der Waals surface area (Å²) in [4.78, 5) is 19.9. The normalized spacial score (nSPS) is 21.8. The highest BCUT2D eigenvalue weighted by atomic mass is 32.2. The minimum atomic E-state index is 0.374. The molecule has 0 N–H and O–H groups in total. The summed E-state index contributed by atoms with van der Waals surface area (Å²) in [6.45, 7) is 8.44. The van der Waals surface area contributed by atoms with E-state index in [1.54, 1.807) is 0 Å². The Labute approximate surface area is 175 Å². The Hall–Kier alpha value is -1.04. The van der Waals surface area contributed by atoms with Gasteiger partial charge in [0.05, 0.1) is 0 Å². The fourth-order valence-corrected chi connectivity index (χ4v) is 4.92. The van der Waals surface area contributed by atoms with E-state index < -0.39 is 0 Å². The van der Waals surface area contributed by atoms with Gasteiger partial charge in [0, 0.05) is 45.7 Å². The quantitative estimate of drug-likeness (QED) is 0.589. The molecule has 0 bridgehead atoms. The van der Waals surface area contributed by atoms with Crippen molar-refractivity contribution in [1.82, 2.24) is 14.7 Å². The molecular weight excluding hydrogens is 366 g/mol. The van der Waals surface area contributed by atoms with Crippen LogP contribution in [0.3, 0.4) is 0 Å². The van der Waals surface area contributed by atoms with E-state index in [1.807, 2.05) is 11.8 Å². The van der Waals surface area contributed by atoms with Gasteiger partial charge >= 0.3 is 0 Å². The van der Waals surface area contributed by atoms with E-state index in [-0.39, 0.29) is 0 Å². The number of likely N-dealkylation sites (tertiary alicyclic amines) is 1. The highest BCUT2D eigenvalue weighted by Crippen LogP contribution is 2.22. The fraction of sp³-hybridized carbons (Fsp3) is 0.696. The maximum atomic E-state index is 12.7. The van der Waals surface area contributed by atoms with Gasteiger partial charge in [0.1, 0.15) is 0 Å². The molecule has 5 heteroatoms. The number of nitrogens with zero attached hydrogens (tertiary/aromatic N) is 3. The number of hydrogen-bond donors (Lipinski definition) is 0. The van der Waals surface area contributed by atoms with Crippen molar-refractivity contribution in [1.29, 1.82) is 0 Å². The van der Waals surface area contributed by atoms with E-state index in [1.165, 1.54) is 50.2 Å². The number of thioether (sulfide) groups is 1. The number of amides is 1. The van der Waals surface area contributed by atoms with Crippen molar-refractivity contribution in [2.45, 2.75) is 38.6 Å². The Morgan fingerprint density at radius 2 is 1.86 bits per heavy atom. The minimum Gasteiger partial charge on any atom is -0.340 e. The van der Waals surface area contributed by atoms with Gasteiger partial charge in [0.25, 0.3) is 0 Å². The van der Waals surface area contributed by atoms with Gasteiger partial charge in [-0.1, -0.05) is 30.3 Å². The van der Waals surface area contributed by atoms with E-state index in [0.717, 1.165) is 45.6 Å². The average molecular weight is 404 g/mol. The summed E-state index contributed by atoms with van der Waals surface area (Å²) in [5.41, 5.74) is 1.36. The lowest BCUT2D eigenvalue weighted by molar-refractivity contribution is -0.133. The van der Waals surface area contributed by atoms with Crippen LogP contribution in [0.4, 0.5) is 0 Å². The molecule has 3 rings (SSSR count). The van der Waals surface area contributed by atoms with Gasteiger partial charge in [-0.15, -0.1) is 0 Å². The molecule has 1 amide bonds. The Balaban J connectivity index is 1.33. The van der Waals surface area contributed by atoms with E-state index in [2.05, 4.69) is 51.3 Å². The first-order chi connectivity index (χ1) is 13.7. The highest BCUT2D eigenvalue weighted by molar-refractivity contribution is 7.98. The summed E-state index contributed by atoms with van der Waals surface area (Å²) >= 11 is 1.94. The van der Waals surface area contributed by atoms with Crippen LogP contribution in [0.15, 0.2) is 30.3 Å². The van der Waals surface area contributed by atoms with Crippen molar-refractivity contribution in [3.8, 4) is 0 Å². The van der Waals surface area contributed by atoms with Crippen LogP contribution in [0.2, 0.25) is 0 Å². The SMILES string of the molecule is CSCCCN1CCC[C@@H](CCC(=O)N2CCN(Cc3ccccc3)CC2)C1. The molecule has 2 heterocycles. The maximum Gasteiger partial charge on any atom is 0.222 e. The van der Waals surface area contributed by atoms with Crippen molar-refractivity contribution >= 4 is 17.7 Å². The lowest BCUT2D eigenvalue weighted by Gasteiger charge is -2.36. The van der Waals surface area contributed by atoms with Crippen LogP contribution in [0, 0.1) is 5.92 Å². The minimum absolute atomic E-state index is 0.374. The number of rotatable bonds is 9. The summed E-state index contributed by atoms with van der Waals surface area (Å²) in [7, 11) is 0. The van der Waals surface area contributed by atoms with Crippen LogP contribution in [0.25, 0.3) is 0 Å². The zero-order chi connectivity index (χ0) is 19.6. The van der Waals surface area contributed by atoms with Gasteiger partial charge in [0.15, 0.2) is 0 Å². The Morgan fingerprint density at radius 3 is 2.61 bits per heavy atom. The Kier molecular flexibility index (Phi) is 9.16. The molecule has 0 radical (unpaired) electrons. The van der Waals surface area contributed by atoms with E-state index in [0.29, 0.717) is 11.8 Å². The summed E-state index contributed by atoms with van der Waals surface area (Å²) in [6, 6.07) is 10.6. The molecule has 28 heavy (non-hydrogen) atoms. The molecule has 4 nitrogen and oxygen atoms in total. The number of hydrogen-bond acceptors (Lipinski definition) is 4. The lowest BCUT2D eigenvalue weighted by Crippen LogP contribution is -2.48. The third-order valence-electron chi connectivity index (χ3n) is 6.17. The first-order valence-electron chi connectivity index (χ1n) is 11.0. The summed E-state index contributed by atoms with van der Waals surface area (Å²) < 4.78 is 0. The van der Waals surface area contributed by atoms with Crippen molar-refractivity contribution in [3.05, 3.63) is 35.9 Å². The number of carbonyl (C=O) groups excluding carboxylic acids is 1. The highest BCUT2D eigenvalue weighted by Gasteiger charge is 2.24. The summed E-state index contributed by atoms with van der Waals surface area (Å²) in [5.74, 6) is 2.35. The van der Waals surface area contributed by atoms with Crippen LogP contribution in [-0.4, -0.2) is 78.4 Å². The van der Waals surface area contributed by atoms with E-state index >= 15 is 0 Å².